The van der Waals surface area contributed by atoms with Crippen LogP contribution in [0.15, 0.2) is 71.6 Å². The number of fused-ring (bicyclic) bond motifs is 1. The lowest BCUT2D eigenvalue weighted by atomic mass is 10.1. The Bertz CT molecular complexity index is 1150. The van der Waals surface area contributed by atoms with Crippen LogP contribution in [0, 0.1) is 0 Å². The second kappa shape index (κ2) is 8.33. The van der Waals surface area contributed by atoms with Crippen LogP contribution in [0.2, 0.25) is 0 Å². The molecule has 156 valence electrons. The molecule has 1 fully saturated rings. The Hall–Kier alpha value is -3.10. The van der Waals surface area contributed by atoms with E-state index in [2.05, 4.69) is 4.90 Å². The zero-order chi connectivity index (χ0) is 21.1. The molecule has 3 aromatic carbocycles. The first kappa shape index (κ1) is 20.2. The molecule has 0 spiro atoms. The van der Waals surface area contributed by atoms with E-state index in [-0.39, 0.29) is 6.61 Å². The third-order valence-electron chi connectivity index (χ3n) is 5.16. The van der Waals surface area contributed by atoms with Gasteiger partial charge in [-0.25, -0.2) is 13.2 Å². The fourth-order valence-electron chi connectivity index (χ4n) is 3.56. The number of ether oxygens (including phenoxy) is 1. The number of carboxylic acids is 1. The molecule has 1 aliphatic heterocycles. The third-order valence-corrected chi connectivity index (χ3v) is 7.06. The van der Waals surface area contributed by atoms with Gasteiger partial charge in [0.25, 0.3) is 0 Å². The average Bonchev–Trinajstić information content (AvgIpc) is 2.78. The minimum absolute atomic E-state index is 0.314. The molecule has 0 atom stereocenters. The molecule has 0 aromatic heterocycles. The highest BCUT2D eigenvalue weighted by Gasteiger charge is 2.28. The van der Waals surface area contributed by atoms with E-state index in [1.807, 2.05) is 42.5 Å². The summed E-state index contributed by atoms with van der Waals surface area (Å²) in [5.74, 6) is -0.540. The summed E-state index contributed by atoms with van der Waals surface area (Å²) in [7, 11) is -3.55. The van der Waals surface area contributed by atoms with E-state index < -0.39 is 16.0 Å². The van der Waals surface area contributed by atoms with E-state index >= 15 is 0 Å². The summed E-state index contributed by atoms with van der Waals surface area (Å²) in [6, 6.07) is 20.1. The van der Waals surface area contributed by atoms with Gasteiger partial charge in [0.1, 0.15) is 5.75 Å². The highest BCUT2D eigenvalue weighted by Crippen LogP contribution is 2.25. The number of hydrogen-bond donors (Lipinski definition) is 1. The first-order chi connectivity index (χ1) is 14.4. The number of sulfonamides is 1. The van der Waals surface area contributed by atoms with E-state index in [0.29, 0.717) is 36.8 Å². The van der Waals surface area contributed by atoms with Crippen LogP contribution >= 0.6 is 0 Å². The maximum Gasteiger partial charge on any atom is 0.341 e. The molecule has 4 rings (SSSR count). The third kappa shape index (κ3) is 4.24. The first-order valence-electron chi connectivity index (χ1n) is 9.62. The monoisotopic (exact) mass is 426 g/mol. The van der Waals surface area contributed by atoms with Crippen LogP contribution in [0.25, 0.3) is 10.8 Å². The van der Waals surface area contributed by atoms with E-state index in [4.69, 9.17) is 9.84 Å². The van der Waals surface area contributed by atoms with Crippen molar-refractivity contribution in [3.05, 3.63) is 66.7 Å². The largest absolute Gasteiger partial charge is 0.482 e. The summed E-state index contributed by atoms with van der Waals surface area (Å²) in [6.45, 7) is 1.55. The topological polar surface area (TPSA) is 87.2 Å². The Balaban J connectivity index is 1.42. The van der Waals surface area contributed by atoms with E-state index in [9.17, 15) is 13.2 Å². The first-order valence-corrected chi connectivity index (χ1v) is 11.1. The fraction of sp³-hybridized carbons (Fsp3) is 0.227. The molecular formula is C22H22N2O5S. The second-order valence-electron chi connectivity index (χ2n) is 7.08. The van der Waals surface area contributed by atoms with Crippen LogP contribution in [0.4, 0.5) is 5.69 Å². The molecule has 30 heavy (non-hydrogen) atoms. The van der Waals surface area contributed by atoms with Gasteiger partial charge in [0.2, 0.25) is 10.0 Å². The van der Waals surface area contributed by atoms with Crippen LogP contribution in [-0.4, -0.2) is 56.6 Å². The van der Waals surface area contributed by atoms with Crippen molar-refractivity contribution in [3.8, 4) is 5.75 Å². The Morgan fingerprint density at radius 3 is 2.23 bits per heavy atom. The van der Waals surface area contributed by atoms with Crippen molar-refractivity contribution in [1.82, 2.24) is 4.31 Å². The molecule has 0 radical (unpaired) electrons. The fourth-order valence-corrected chi connectivity index (χ4v) is 5.02. The maximum atomic E-state index is 13.1. The summed E-state index contributed by atoms with van der Waals surface area (Å²) < 4.78 is 32.8. The minimum atomic E-state index is -3.55. The Kier molecular flexibility index (Phi) is 5.61. The number of hydrogen-bond acceptors (Lipinski definition) is 5. The predicted octanol–water partition coefficient (Wildman–Crippen LogP) is 2.81. The van der Waals surface area contributed by atoms with Gasteiger partial charge in [0.15, 0.2) is 6.61 Å². The lowest BCUT2D eigenvalue weighted by Crippen LogP contribution is -2.48. The van der Waals surface area contributed by atoms with Crippen molar-refractivity contribution in [3.63, 3.8) is 0 Å². The zero-order valence-electron chi connectivity index (χ0n) is 16.3. The van der Waals surface area contributed by atoms with Gasteiger partial charge in [-0.3, -0.25) is 0 Å². The predicted molar refractivity (Wildman–Crippen MR) is 114 cm³/mol. The molecular weight excluding hydrogens is 404 g/mol. The molecule has 8 heteroatoms. The van der Waals surface area contributed by atoms with Gasteiger partial charge in [0.05, 0.1) is 4.90 Å². The minimum Gasteiger partial charge on any atom is -0.482 e. The van der Waals surface area contributed by atoms with Gasteiger partial charge >= 0.3 is 5.97 Å². The number of piperazine rings is 1. The Labute approximate surface area is 175 Å². The highest BCUT2D eigenvalue weighted by molar-refractivity contribution is 7.89. The average molecular weight is 426 g/mol. The lowest BCUT2D eigenvalue weighted by Gasteiger charge is -2.35. The zero-order valence-corrected chi connectivity index (χ0v) is 17.1. The van der Waals surface area contributed by atoms with Gasteiger partial charge in [-0.15, -0.1) is 0 Å². The molecule has 0 unspecified atom stereocenters. The number of benzene rings is 3. The van der Waals surface area contributed by atoms with Crippen molar-refractivity contribution in [2.75, 3.05) is 37.7 Å². The number of carbonyl (C=O) groups is 1. The lowest BCUT2D eigenvalue weighted by molar-refractivity contribution is -0.139. The van der Waals surface area contributed by atoms with Crippen LogP contribution in [-0.2, 0) is 14.8 Å². The van der Waals surface area contributed by atoms with Crippen molar-refractivity contribution in [1.29, 1.82) is 0 Å². The molecule has 3 aromatic rings. The van der Waals surface area contributed by atoms with Gasteiger partial charge in [-0.05, 0) is 47.2 Å². The molecule has 1 saturated heterocycles. The van der Waals surface area contributed by atoms with Gasteiger partial charge in [-0.2, -0.15) is 4.31 Å². The summed E-state index contributed by atoms with van der Waals surface area (Å²) in [5, 5.41) is 10.6. The van der Waals surface area contributed by atoms with E-state index in [0.717, 1.165) is 16.5 Å². The van der Waals surface area contributed by atoms with Crippen LogP contribution in [0.1, 0.15) is 0 Å². The molecule has 0 amide bonds. The maximum absolute atomic E-state index is 13.1. The smallest absolute Gasteiger partial charge is 0.341 e. The quantitative estimate of drug-likeness (QED) is 0.652. The molecule has 1 heterocycles. The second-order valence-corrected chi connectivity index (χ2v) is 9.01. The van der Waals surface area contributed by atoms with E-state index in [1.165, 1.54) is 4.31 Å². The molecule has 0 bridgehead atoms. The van der Waals surface area contributed by atoms with Crippen molar-refractivity contribution >= 4 is 32.5 Å². The highest BCUT2D eigenvalue weighted by atomic mass is 32.2. The Morgan fingerprint density at radius 1 is 0.900 bits per heavy atom. The van der Waals surface area contributed by atoms with E-state index in [1.54, 1.807) is 24.3 Å². The summed E-state index contributed by atoms with van der Waals surface area (Å²) in [5.41, 5.74) is 0.945. The van der Waals surface area contributed by atoms with Crippen LogP contribution in [0.5, 0.6) is 5.75 Å². The van der Waals surface area contributed by atoms with Crippen LogP contribution < -0.4 is 9.64 Å². The van der Waals surface area contributed by atoms with Crippen molar-refractivity contribution < 1.29 is 23.1 Å². The molecule has 1 aliphatic rings. The summed E-state index contributed by atoms with van der Waals surface area (Å²) in [6.07, 6.45) is 0. The normalized spacial score (nSPS) is 15.3. The van der Waals surface area contributed by atoms with Gasteiger partial charge in [0, 0.05) is 31.9 Å². The number of anilines is 1. The molecule has 0 saturated carbocycles. The summed E-state index contributed by atoms with van der Waals surface area (Å²) in [4.78, 5) is 13.0. The van der Waals surface area contributed by atoms with Crippen molar-refractivity contribution in [2.24, 2.45) is 0 Å². The Morgan fingerprint density at radius 2 is 1.57 bits per heavy atom. The number of rotatable bonds is 6. The number of aliphatic carboxylic acids is 1. The standard InChI is InChI=1S/C22H22N2O5S/c25-22(26)16-29-20-8-6-19(7-9-20)23-11-13-24(14-12-23)30(27,28)21-10-5-17-3-1-2-4-18(17)15-21/h1-10,15H,11-14,16H2,(H,25,26). The summed E-state index contributed by atoms with van der Waals surface area (Å²) >= 11 is 0. The van der Waals surface area contributed by atoms with Gasteiger partial charge in [-0.1, -0.05) is 30.3 Å². The SMILES string of the molecule is O=C(O)COc1ccc(N2CCN(S(=O)(=O)c3ccc4ccccc4c3)CC2)cc1. The van der Waals surface area contributed by atoms with Gasteiger partial charge < -0.3 is 14.7 Å². The molecule has 0 aliphatic carbocycles. The van der Waals surface area contributed by atoms with Crippen molar-refractivity contribution in [2.45, 2.75) is 4.90 Å². The van der Waals surface area contributed by atoms with Crippen LogP contribution in [0.3, 0.4) is 0 Å². The molecule has 7 nitrogen and oxygen atoms in total. The number of nitrogens with zero attached hydrogens (tertiary/aromatic N) is 2. The molecule has 1 N–H and O–H groups in total. The number of carboxylic acid groups (broad SMARTS) is 1.